The summed E-state index contributed by atoms with van der Waals surface area (Å²) in [6.45, 7) is 6.57. The van der Waals surface area contributed by atoms with Crippen LogP contribution in [0, 0.1) is 12.8 Å². The van der Waals surface area contributed by atoms with Gasteiger partial charge in [-0.05, 0) is 31.9 Å². The minimum absolute atomic E-state index is 0.108. The highest BCUT2D eigenvalue weighted by atomic mass is 32.2. The van der Waals surface area contributed by atoms with Gasteiger partial charge in [0.25, 0.3) is 0 Å². The first-order chi connectivity index (χ1) is 10.4. The molecular weight excluding hydrogens is 300 g/mol. The van der Waals surface area contributed by atoms with E-state index in [9.17, 15) is 13.2 Å². The summed E-state index contributed by atoms with van der Waals surface area (Å²) >= 11 is 0. The normalized spacial score (nSPS) is 19.6. The van der Waals surface area contributed by atoms with E-state index >= 15 is 0 Å². The second kappa shape index (κ2) is 7.07. The van der Waals surface area contributed by atoms with Crippen LogP contribution in [0.1, 0.15) is 18.4 Å². The van der Waals surface area contributed by atoms with Gasteiger partial charge in [-0.2, -0.15) is 4.31 Å². The number of amides is 1. The maximum atomic E-state index is 12.7. The smallest absolute Gasteiger partial charge is 0.243 e. The molecule has 1 atom stereocenters. The van der Waals surface area contributed by atoms with Gasteiger partial charge >= 0.3 is 0 Å². The quantitative estimate of drug-likeness (QED) is 0.839. The number of carbonyl (C=O) groups excluding carboxylic acids is 1. The average molecular weight is 322 g/mol. The lowest BCUT2D eigenvalue weighted by Gasteiger charge is -2.31. The van der Waals surface area contributed by atoms with E-state index in [2.05, 4.69) is 11.9 Å². The molecule has 1 aromatic rings. The van der Waals surface area contributed by atoms with Crippen molar-refractivity contribution in [3.8, 4) is 0 Å². The van der Waals surface area contributed by atoms with Crippen LogP contribution < -0.4 is 5.32 Å². The van der Waals surface area contributed by atoms with Gasteiger partial charge in [0.1, 0.15) is 0 Å². The van der Waals surface area contributed by atoms with Gasteiger partial charge < -0.3 is 5.32 Å². The van der Waals surface area contributed by atoms with Crippen LogP contribution in [0.5, 0.6) is 0 Å². The molecule has 1 unspecified atom stereocenters. The summed E-state index contributed by atoms with van der Waals surface area (Å²) < 4.78 is 26.7. The number of hydrogen-bond donors (Lipinski definition) is 1. The van der Waals surface area contributed by atoms with Crippen molar-refractivity contribution in [2.75, 3.05) is 19.6 Å². The second-order valence-electron chi connectivity index (χ2n) is 5.55. The van der Waals surface area contributed by atoms with Gasteiger partial charge in [0, 0.05) is 19.6 Å². The first-order valence-corrected chi connectivity index (χ1v) is 8.84. The van der Waals surface area contributed by atoms with Gasteiger partial charge in [-0.3, -0.25) is 4.79 Å². The SMILES string of the molecule is C=CCNC(=O)C1CCCN(S(=O)(=O)c2ccc(C)cc2)C1. The van der Waals surface area contributed by atoms with E-state index in [1.54, 1.807) is 30.3 Å². The molecule has 0 radical (unpaired) electrons. The number of carbonyl (C=O) groups is 1. The lowest BCUT2D eigenvalue weighted by atomic mass is 9.99. The van der Waals surface area contributed by atoms with Crippen molar-refractivity contribution in [1.82, 2.24) is 9.62 Å². The molecule has 1 aromatic carbocycles. The van der Waals surface area contributed by atoms with Gasteiger partial charge in [-0.15, -0.1) is 6.58 Å². The molecule has 0 bridgehead atoms. The summed E-state index contributed by atoms with van der Waals surface area (Å²) in [5, 5.41) is 2.74. The summed E-state index contributed by atoms with van der Waals surface area (Å²) in [5.41, 5.74) is 1.01. The highest BCUT2D eigenvalue weighted by Gasteiger charge is 2.33. The van der Waals surface area contributed by atoms with Crippen LogP contribution in [-0.4, -0.2) is 38.3 Å². The minimum Gasteiger partial charge on any atom is -0.352 e. The molecule has 120 valence electrons. The van der Waals surface area contributed by atoms with Crippen LogP contribution in [0.2, 0.25) is 0 Å². The number of sulfonamides is 1. The predicted octanol–water partition coefficient (Wildman–Crippen LogP) is 1.70. The molecule has 1 aliphatic heterocycles. The summed E-state index contributed by atoms with van der Waals surface area (Å²) in [4.78, 5) is 12.3. The van der Waals surface area contributed by atoms with Crippen LogP contribution >= 0.6 is 0 Å². The molecule has 1 aliphatic rings. The maximum Gasteiger partial charge on any atom is 0.243 e. The molecule has 22 heavy (non-hydrogen) atoms. The van der Waals surface area contributed by atoms with Crippen molar-refractivity contribution in [3.63, 3.8) is 0 Å². The van der Waals surface area contributed by atoms with Crippen molar-refractivity contribution >= 4 is 15.9 Å². The third kappa shape index (κ3) is 3.75. The van der Waals surface area contributed by atoms with E-state index in [1.165, 1.54) is 4.31 Å². The number of piperidine rings is 1. The Kier molecular flexibility index (Phi) is 5.37. The Hall–Kier alpha value is -1.66. The number of hydrogen-bond acceptors (Lipinski definition) is 3. The largest absolute Gasteiger partial charge is 0.352 e. The Balaban J connectivity index is 2.12. The fourth-order valence-electron chi connectivity index (χ4n) is 2.55. The summed E-state index contributed by atoms with van der Waals surface area (Å²) in [6, 6.07) is 6.80. The standard InChI is InChI=1S/C16H22N2O3S/c1-3-10-17-16(19)14-5-4-11-18(12-14)22(20,21)15-8-6-13(2)7-9-15/h3,6-9,14H,1,4-5,10-12H2,2H3,(H,17,19). The van der Waals surface area contributed by atoms with Crippen molar-refractivity contribution in [2.45, 2.75) is 24.7 Å². The van der Waals surface area contributed by atoms with E-state index in [0.717, 1.165) is 5.56 Å². The van der Waals surface area contributed by atoms with Crippen molar-refractivity contribution in [2.24, 2.45) is 5.92 Å². The van der Waals surface area contributed by atoms with Gasteiger partial charge in [-0.25, -0.2) is 8.42 Å². The number of nitrogens with zero attached hydrogens (tertiary/aromatic N) is 1. The zero-order chi connectivity index (χ0) is 16.2. The van der Waals surface area contributed by atoms with E-state index in [1.807, 2.05) is 6.92 Å². The third-order valence-electron chi connectivity index (χ3n) is 3.83. The van der Waals surface area contributed by atoms with Crippen LogP contribution in [-0.2, 0) is 14.8 Å². The highest BCUT2D eigenvalue weighted by Crippen LogP contribution is 2.24. The second-order valence-corrected chi connectivity index (χ2v) is 7.49. The van der Waals surface area contributed by atoms with Crippen molar-refractivity contribution in [1.29, 1.82) is 0 Å². The third-order valence-corrected chi connectivity index (χ3v) is 5.71. The summed E-state index contributed by atoms with van der Waals surface area (Å²) in [7, 11) is -3.53. The Morgan fingerprint density at radius 1 is 1.41 bits per heavy atom. The lowest BCUT2D eigenvalue weighted by molar-refractivity contribution is -0.125. The molecule has 1 heterocycles. The Morgan fingerprint density at radius 2 is 2.09 bits per heavy atom. The van der Waals surface area contributed by atoms with Crippen LogP contribution in [0.4, 0.5) is 0 Å². The Bertz CT molecular complexity index is 638. The number of rotatable bonds is 5. The van der Waals surface area contributed by atoms with Gasteiger partial charge in [0.15, 0.2) is 0 Å². The first kappa shape index (κ1) is 16.7. The molecule has 6 heteroatoms. The zero-order valence-corrected chi connectivity index (χ0v) is 13.6. The van der Waals surface area contributed by atoms with Crippen LogP contribution in [0.3, 0.4) is 0 Å². The molecule has 5 nitrogen and oxygen atoms in total. The lowest BCUT2D eigenvalue weighted by Crippen LogP contribution is -2.45. The van der Waals surface area contributed by atoms with Crippen LogP contribution in [0.25, 0.3) is 0 Å². The molecule has 1 N–H and O–H groups in total. The average Bonchev–Trinajstić information content (AvgIpc) is 2.53. The molecule has 1 saturated heterocycles. The molecule has 0 saturated carbocycles. The Labute approximate surface area is 132 Å². The fraction of sp³-hybridized carbons (Fsp3) is 0.438. The number of benzene rings is 1. The van der Waals surface area contributed by atoms with E-state index in [0.29, 0.717) is 25.9 Å². The fourth-order valence-corrected chi connectivity index (χ4v) is 4.07. The van der Waals surface area contributed by atoms with E-state index in [-0.39, 0.29) is 23.3 Å². The van der Waals surface area contributed by atoms with E-state index in [4.69, 9.17) is 0 Å². The monoisotopic (exact) mass is 322 g/mol. The zero-order valence-electron chi connectivity index (χ0n) is 12.8. The van der Waals surface area contributed by atoms with Gasteiger partial charge in [-0.1, -0.05) is 23.8 Å². The highest BCUT2D eigenvalue weighted by molar-refractivity contribution is 7.89. The molecular formula is C16H22N2O3S. The van der Waals surface area contributed by atoms with Gasteiger partial charge in [0.05, 0.1) is 10.8 Å². The topological polar surface area (TPSA) is 66.5 Å². The molecule has 0 spiro atoms. The Morgan fingerprint density at radius 3 is 2.73 bits per heavy atom. The minimum atomic E-state index is -3.53. The van der Waals surface area contributed by atoms with Crippen LogP contribution in [0.15, 0.2) is 41.8 Å². The number of aryl methyl sites for hydroxylation is 1. The van der Waals surface area contributed by atoms with E-state index < -0.39 is 10.0 Å². The summed E-state index contributed by atoms with van der Waals surface area (Å²) in [6.07, 6.45) is 3.02. The maximum absolute atomic E-state index is 12.7. The van der Waals surface area contributed by atoms with Crippen molar-refractivity contribution in [3.05, 3.63) is 42.5 Å². The first-order valence-electron chi connectivity index (χ1n) is 7.40. The molecule has 1 fully saturated rings. The number of nitrogens with one attached hydrogen (secondary N) is 1. The molecule has 2 rings (SSSR count). The predicted molar refractivity (Wildman–Crippen MR) is 85.9 cm³/mol. The van der Waals surface area contributed by atoms with Gasteiger partial charge in [0.2, 0.25) is 15.9 Å². The molecule has 1 amide bonds. The summed E-state index contributed by atoms with van der Waals surface area (Å²) in [5.74, 6) is -0.405. The molecule has 0 aromatic heterocycles. The van der Waals surface area contributed by atoms with Crippen molar-refractivity contribution < 1.29 is 13.2 Å². The molecule has 0 aliphatic carbocycles.